The highest BCUT2D eigenvalue weighted by molar-refractivity contribution is 6.29. The van der Waals surface area contributed by atoms with Gasteiger partial charge in [0.15, 0.2) is 11.6 Å². The summed E-state index contributed by atoms with van der Waals surface area (Å²) in [7, 11) is 0. The van der Waals surface area contributed by atoms with Crippen LogP contribution >= 0.6 is 11.6 Å². The number of pyridine rings is 1. The Bertz CT molecular complexity index is 775. The molecule has 0 aliphatic rings. The van der Waals surface area contributed by atoms with Crippen LogP contribution in [0, 0.1) is 0 Å². The van der Waals surface area contributed by atoms with E-state index in [0.29, 0.717) is 16.8 Å². The van der Waals surface area contributed by atoms with E-state index in [1.165, 1.54) is 0 Å². The first-order chi connectivity index (χ1) is 10.8. The van der Waals surface area contributed by atoms with Crippen molar-refractivity contribution in [2.24, 2.45) is 5.10 Å². The Morgan fingerprint density at radius 1 is 1.05 bits per heavy atom. The number of nitrogens with one attached hydrogen (secondary N) is 1. The van der Waals surface area contributed by atoms with Gasteiger partial charge in [-0.1, -0.05) is 48.0 Å². The highest BCUT2D eigenvalue weighted by Gasteiger charge is 2.04. The van der Waals surface area contributed by atoms with Crippen LogP contribution in [0.4, 0.5) is 5.82 Å². The van der Waals surface area contributed by atoms with Crippen LogP contribution in [0.3, 0.4) is 0 Å². The third-order valence-corrected chi connectivity index (χ3v) is 3.00. The third-order valence-electron chi connectivity index (χ3n) is 2.80. The molecule has 2 heterocycles. The fourth-order valence-electron chi connectivity index (χ4n) is 1.82. The van der Waals surface area contributed by atoms with Crippen LogP contribution in [0.1, 0.15) is 5.56 Å². The average Bonchev–Trinajstić information content (AvgIpc) is 2.56. The fourth-order valence-corrected chi connectivity index (χ4v) is 2.00. The lowest BCUT2D eigenvalue weighted by molar-refractivity contribution is 1.15. The molecule has 0 atom stereocenters. The van der Waals surface area contributed by atoms with Crippen molar-refractivity contribution < 1.29 is 0 Å². The van der Waals surface area contributed by atoms with E-state index in [1.807, 2.05) is 42.5 Å². The van der Waals surface area contributed by atoms with Gasteiger partial charge in [-0.05, 0) is 6.07 Å². The lowest BCUT2D eigenvalue weighted by Gasteiger charge is -2.04. The SMILES string of the molecule is Clc1cc(N/N=C\c2cccnc2)nc(-c2ccccc2)n1. The van der Waals surface area contributed by atoms with Crippen LogP contribution in [-0.2, 0) is 0 Å². The van der Waals surface area contributed by atoms with E-state index < -0.39 is 0 Å². The molecule has 0 aliphatic carbocycles. The molecule has 0 bridgehead atoms. The summed E-state index contributed by atoms with van der Waals surface area (Å²) < 4.78 is 0. The first-order valence-corrected chi connectivity index (χ1v) is 6.98. The molecule has 0 saturated heterocycles. The molecule has 0 unspecified atom stereocenters. The lowest BCUT2D eigenvalue weighted by Crippen LogP contribution is -1.97. The van der Waals surface area contributed by atoms with Gasteiger partial charge in [0, 0.05) is 29.6 Å². The molecule has 0 amide bonds. The zero-order valence-electron chi connectivity index (χ0n) is 11.5. The largest absolute Gasteiger partial charge is 0.264 e. The standard InChI is InChI=1S/C16H12ClN5/c17-14-9-15(22-19-11-12-5-4-8-18-10-12)21-16(20-14)13-6-2-1-3-7-13/h1-11H,(H,20,21,22)/b19-11-. The third kappa shape index (κ3) is 3.65. The zero-order valence-corrected chi connectivity index (χ0v) is 12.3. The van der Waals surface area contributed by atoms with Crippen molar-refractivity contribution in [1.29, 1.82) is 0 Å². The van der Waals surface area contributed by atoms with Gasteiger partial charge in [-0.2, -0.15) is 5.10 Å². The average molecular weight is 310 g/mol. The van der Waals surface area contributed by atoms with E-state index in [-0.39, 0.29) is 0 Å². The maximum atomic E-state index is 6.04. The number of nitrogens with zero attached hydrogens (tertiary/aromatic N) is 4. The van der Waals surface area contributed by atoms with E-state index >= 15 is 0 Å². The Kier molecular flexibility index (Phi) is 4.36. The summed E-state index contributed by atoms with van der Waals surface area (Å²) in [6.45, 7) is 0. The van der Waals surface area contributed by atoms with Crippen molar-refractivity contribution in [3.63, 3.8) is 0 Å². The van der Waals surface area contributed by atoms with Gasteiger partial charge in [-0.15, -0.1) is 0 Å². The normalized spacial score (nSPS) is 10.8. The van der Waals surface area contributed by atoms with Gasteiger partial charge in [-0.25, -0.2) is 9.97 Å². The molecule has 3 aromatic rings. The fraction of sp³-hybridized carbons (Fsp3) is 0. The number of rotatable bonds is 4. The van der Waals surface area contributed by atoms with Crippen LogP contribution in [0.25, 0.3) is 11.4 Å². The second kappa shape index (κ2) is 6.78. The molecule has 6 heteroatoms. The first-order valence-electron chi connectivity index (χ1n) is 6.60. The molecular formula is C16H12ClN5. The highest BCUT2D eigenvalue weighted by atomic mass is 35.5. The summed E-state index contributed by atoms with van der Waals surface area (Å²) in [4.78, 5) is 12.6. The van der Waals surface area contributed by atoms with Crippen LogP contribution in [0.2, 0.25) is 5.15 Å². The van der Waals surface area contributed by atoms with Crippen LogP contribution in [0.5, 0.6) is 0 Å². The van der Waals surface area contributed by atoms with E-state index in [2.05, 4.69) is 25.5 Å². The van der Waals surface area contributed by atoms with Crippen molar-refractivity contribution >= 4 is 23.6 Å². The minimum absolute atomic E-state index is 0.355. The molecule has 108 valence electrons. The molecule has 0 aliphatic heterocycles. The van der Waals surface area contributed by atoms with E-state index in [1.54, 1.807) is 24.7 Å². The number of aromatic nitrogens is 3. The van der Waals surface area contributed by atoms with Gasteiger partial charge in [-0.3, -0.25) is 10.4 Å². The summed E-state index contributed by atoms with van der Waals surface area (Å²) in [5.74, 6) is 1.08. The summed E-state index contributed by atoms with van der Waals surface area (Å²) in [5.41, 5.74) is 4.63. The Labute approximate surface area is 132 Å². The molecule has 3 rings (SSSR count). The number of halogens is 1. The Morgan fingerprint density at radius 3 is 2.68 bits per heavy atom. The Morgan fingerprint density at radius 2 is 1.91 bits per heavy atom. The van der Waals surface area contributed by atoms with Crippen LogP contribution in [-0.4, -0.2) is 21.2 Å². The molecule has 0 fully saturated rings. The lowest BCUT2D eigenvalue weighted by atomic mass is 10.2. The molecule has 0 spiro atoms. The molecule has 0 radical (unpaired) electrons. The van der Waals surface area contributed by atoms with Gasteiger partial charge in [0.05, 0.1) is 6.21 Å². The monoisotopic (exact) mass is 309 g/mol. The maximum absolute atomic E-state index is 6.04. The van der Waals surface area contributed by atoms with Gasteiger partial charge >= 0.3 is 0 Å². The number of hydrogen-bond donors (Lipinski definition) is 1. The minimum Gasteiger partial charge on any atom is -0.264 e. The molecule has 22 heavy (non-hydrogen) atoms. The second-order valence-electron chi connectivity index (χ2n) is 4.42. The van der Waals surface area contributed by atoms with Gasteiger partial charge in [0.1, 0.15) is 5.15 Å². The van der Waals surface area contributed by atoms with Crippen LogP contribution in [0.15, 0.2) is 66.0 Å². The number of hydrazone groups is 1. The highest BCUT2D eigenvalue weighted by Crippen LogP contribution is 2.19. The van der Waals surface area contributed by atoms with Crippen molar-refractivity contribution in [3.8, 4) is 11.4 Å². The zero-order chi connectivity index (χ0) is 15.2. The number of anilines is 1. The predicted molar refractivity (Wildman–Crippen MR) is 87.9 cm³/mol. The Balaban J connectivity index is 1.80. The van der Waals surface area contributed by atoms with Crippen LogP contribution < -0.4 is 5.43 Å². The van der Waals surface area contributed by atoms with E-state index in [0.717, 1.165) is 11.1 Å². The summed E-state index contributed by atoms with van der Waals surface area (Å²) in [5, 5.41) is 4.48. The van der Waals surface area contributed by atoms with Gasteiger partial charge in [0.2, 0.25) is 0 Å². The molecule has 1 aromatic carbocycles. The summed E-state index contributed by atoms with van der Waals surface area (Å²) >= 11 is 6.04. The molecule has 5 nitrogen and oxygen atoms in total. The molecule has 1 N–H and O–H groups in total. The topological polar surface area (TPSA) is 63.1 Å². The minimum atomic E-state index is 0.355. The van der Waals surface area contributed by atoms with Gasteiger partial charge < -0.3 is 0 Å². The van der Waals surface area contributed by atoms with Crippen molar-refractivity contribution in [3.05, 3.63) is 71.6 Å². The quantitative estimate of drug-likeness (QED) is 0.454. The predicted octanol–water partition coefficient (Wildman–Crippen LogP) is 3.64. The van der Waals surface area contributed by atoms with E-state index in [9.17, 15) is 0 Å². The molecular weight excluding hydrogens is 298 g/mol. The van der Waals surface area contributed by atoms with Gasteiger partial charge in [0.25, 0.3) is 0 Å². The second-order valence-corrected chi connectivity index (χ2v) is 4.81. The number of benzene rings is 1. The van der Waals surface area contributed by atoms with E-state index in [4.69, 9.17) is 11.6 Å². The Hall–Kier alpha value is -2.79. The first kappa shape index (κ1) is 14.2. The summed E-state index contributed by atoms with van der Waals surface area (Å²) in [6, 6.07) is 15.0. The summed E-state index contributed by atoms with van der Waals surface area (Å²) in [6.07, 6.45) is 5.08. The maximum Gasteiger partial charge on any atom is 0.163 e. The molecule has 0 saturated carbocycles. The van der Waals surface area contributed by atoms with Crippen molar-refractivity contribution in [1.82, 2.24) is 15.0 Å². The smallest absolute Gasteiger partial charge is 0.163 e. The number of hydrogen-bond acceptors (Lipinski definition) is 5. The van der Waals surface area contributed by atoms with Crippen molar-refractivity contribution in [2.45, 2.75) is 0 Å². The van der Waals surface area contributed by atoms with Crippen molar-refractivity contribution in [2.75, 3.05) is 5.43 Å². The molecule has 2 aromatic heterocycles.